The average Bonchev–Trinajstić information content (AvgIpc) is 2.43. The van der Waals surface area contributed by atoms with E-state index in [1.165, 1.54) is 0 Å². The van der Waals surface area contributed by atoms with E-state index in [2.05, 4.69) is 25.2 Å². The van der Waals surface area contributed by atoms with Crippen molar-refractivity contribution in [2.24, 2.45) is 5.73 Å². The smallest absolute Gasteiger partial charge is 0.227 e. The fourth-order valence-electron chi connectivity index (χ4n) is 2.21. The summed E-state index contributed by atoms with van der Waals surface area (Å²) in [4.78, 5) is 11.9. The summed E-state index contributed by atoms with van der Waals surface area (Å²) in [7, 11) is 3.32. The van der Waals surface area contributed by atoms with Gasteiger partial charge >= 0.3 is 0 Å². The predicted molar refractivity (Wildman–Crippen MR) is 77.6 cm³/mol. The first kappa shape index (κ1) is 15.5. The molecule has 0 aliphatic carbocycles. The van der Waals surface area contributed by atoms with Crippen molar-refractivity contribution in [1.82, 2.24) is 5.32 Å². The van der Waals surface area contributed by atoms with E-state index in [1.54, 1.807) is 14.2 Å². The summed E-state index contributed by atoms with van der Waals surface area (Å²) in [5, 5.41) is 2.70. The van der Waals surface area contributed by atoms with Gasteiger partial charge in [-0.1, -0.05) is 26.0 Å². The summed E-state index contributed by atoms with van der Waals surface area (Å²) in [5.41, 5.74) is 7.72. The molecule has 0 aliphatic heterocycles. The number of amides is 1. The van der Waals surface area contributed by atoms with Crippen LogP contribution in [0.3, 0.4) is 0 Å². The highest BCUT2D eigenvalue weighted by molar-refractivity contribution is 5.83. The second-order valence-corrected chi connectivity index (χ2v) is 4.90. The van der Waals surface area contributed by atoms with Gasteiger partial charge in [-0.15, -0.1) is 0 Å². The van der Waals surface area contributed by atoms with Gasteiger partial charge in [-0.3, -0.25) is 4.79 Å². The van der Waals surface area contributed by atoms with E-state index in [0.29, 0.717) is 18.9 Å². The van der Waals surface area contributed by atoms with Crippen LogP contribution in [0.1, 0.15) is 43.2 Å². The summed E-state index contributed by atoms with van der Waals surface area (Å²) in [6.45, 7) is 4.71. The van der Waals surface area contributed by atoms with Gasteiger partial charge in [0.25, 0.3) is 0 Å². The van der Waals surface area contributed by atoms with Gasteiger partial charge in [0.2, 0.25) is 5.91 Å². The van der Waals surface area contributed by atoms with Crippen molar-refractivity contribution in [3.05, 3.63) is 29.3 Å². The second kappa shape index (κ2) is 7.14. The third kappa shape index (κ3) is 3.70. The molecule has 0 bridgehead atoms. The van der Waals surface area contributed by atoms with E-state index in [-0.39, 0.29) is 11.8 Å². The first-order chi connectivity index (χ1) is 9.04. The molecule has 0 saturated heterocycles. The van der Waals surface area contributed by atoms with Gasteiger partial charge in [0, 0.05) is 7.05 Å². The summed E-state index contributed by atoms with van der Waals surface area (Å²) < 4.78 is 5.36. The van der Waals surface area contributed by atoms with E-state index >= 15 is 0 Å². The van der Waals surface area contributed by atoms with Crippen molar-refractivity contribution in [2.75, 3.05) is 20.7 Å². The molecule has 1 aromatic rings. The Balaban J connectivity index is 3.17. The molecule has 0 fully saturated rings. The van der Waals surface area contributed by atoms with Crippen LogP contribution in [0.5, 0.6) is 5.75 Å². The maximum Gasteiger partial charge on any atom is 0.227 e. The molecule has 19 heavy (non-hydrogen) atoms. The third-order valence-electron chi connectivity index (χ3n) is 3.30. The Morgan fingerprint density at radius 1 is 1.42 bits per heavy atom. The fourth-order valence-corrected chi connectivity index (χ4v) is 2.21. The number of ether oxygens (including phenoxy) is 1. The minimum absolute atomic E-state index is 0.00493. The predicted octanol–water partition coefficient (Wildman–Crippen LogP) is 2.00. The molecule has 0 heterocycles. The molecule has 1 rings (SSSR count). The minimum atomic E-state index is -0.196. The molecule has 0 aromatic heterocycles. The second-order valence-electron chi connectivity index (χ2n) is 4.90. The largest absolute Gasteiger partial charge is 0.496 e. The number of rotatable bonds is 6. The van der Waals surface area contributed by atoms with Crippen molar-refractivity contribution in [1.29, 1.82) is 0 Å². The number of benzene rings is 1. The molecule has 1 amide bonds. The van der Waals surface area contributed by atoms with Crippen molar-refractivity contribution in [2.45, 2.75) is 32.1 Å². The average molecular weight is 264 g/mol. The highest BCUT2D eigenvalue weighted by atomic mass is 16.5. The lowest BCUT2D eigenvalue weighted by Gasteiger charge is -2.19. The van der Waals surface area contributed by atoms with Gasteiger partial charge in [-0.05, 0) is 36.1 Å². The number of nitrogens with two attached hydrogens (primary N) is 1. The molecular formula is C15H24N2O2. The molecular weight excluding hydrogens is 240 g/mol. The van der Waals surface area contributed by atoms with Crippen LogP contribution in [0, 0.1) is 0 Å². The first-order valence-electron chi connectivity index (χ1n) is 6.64. The number of carbonyl (C=O) groups excluding carboxylic acids is 1. The number of hydrogen-bond donors (Lipinski definition) is 2. The quantitative estimate of drug-likeness (QED) is 0.826. The zero-order valence-corrected chi connectivity index (χ0v) is 12.2. The normalized spacial score (nSPS) is 12.3. The lowest BCUT2D eigenvalue weighted by molar-refractivity contribution is -0.122. The van der Waals surface area contributed by atoms with E-state index in [0.717, 1.165) is 16.9 Å². The summed E-state index contributed by atoms with van der Waals surface area (Å²) >= 11 is 0. The third-order valence-corrected chi connectivity index (χ3v) is 3.30. The molecule has 1 atom stereocenters. The SMILES string of the molecule is CNC(=O)C(CCN)c1ccc(OC)c(C(C)C)c1. The van der Waals surface area contributed by atoms with Crippen LogP contribution < -0.4 is 15.8 Å². The highest BCUT2D eigenvalue weighted by Crippen LogP contribution is 2.31. The molecule has 0 aliphatic rings. The zero-order valence-electron chi connectivity index (χ0n) is 12.2. The lowest BCUT2D eigenvalue weighted by atomic mass is 9.90. The standard InChI is InChI=1S/C15H24N2O2/c1-10(2)13-9-11(5-6-14(13)19-4)12(7-8-16)15(18)17-3/h5-6,9-10,12H,7-8,16H2,1-4H3,(H,17,18). The minimum Gasteiger partial charge on any atom is -0.496 e. The van der Waals surface area contributed by atoms with Crippen LogP contribution in [0.15, 0.2) is 18.2 Å². The van der Waals surface area contributed by atoms with Gasteiger partial charge in [0.05, 0.1) is 13.0 Å². The van der Waals surface area contributed by atoms with Crippen LogP contribution in [-0.2, 0) is 4.79 Å². The molecule has 1 aromatic carbocycles. The van der Waals surface area contributed by atoms with Crippen molar-refractivity contribution in [3.63, 3.8) is 0 Å². The Kier molecular flexibility index (Phi) is 5.83. The van der Waals surface area contributed by atoms with Crippen molar-refractivity contribution < 1.29 is 9.53 Å². The molecule has 1 unspecified atom stereocenters. The fraction of sp³-hybridized carbons (Fsp3) is 0.533. The molecule has 4 heteroatoms. The number of nitrogens with one attached hydrogen (secondary N) is 1. The molecule has 106 valence electrons. The Morgan fingerprint density at radius 2 is 2.11 bits per heavy atom. The molecule has 4 nitrogen and oxygen atoms in total. The van der Waals surface area contributed by atoms with Crippen LogP contribution >= 0.6 is 0 Å². The van der Waals surface area contributed by atoms with Gasteiger partial charge < -0.3 is 15.8 Å². The molecule has 3 N–H and O–H groups in total. The van der Waals surface area contributed by atoms with E-state index < -0.39 is 0 Å². The Labute approximate surface area is 115 Å². The maximum absolute atomic E-state index is 11.9. The number of carbonyl (C=O) groups is 1. The van der Waals surface area contributed by atoms with Gasteiger partial charge in [-0.25, -0.2) is 0 Å². The summed E-state index contributed by atoms with van der Waals surface area (Å²) in [6, 6.07) is 5.93. The highest BCUT2D eigenvalue weighted by Gasteiger charge is 2.20. The van der Waals surface area contributed by atoms with E-state index in [9.17, 15) is 4.79 Å². The van der Waals surface area contributed by atoms with Gasteiger partial charge in [0.1, 0.15) is 5.75 Å². The Hall–Kier alpha value is -1.55. The Morgan fingerprint density at radius 3 is 2.58 bits per heavy atom. The summed E-state index contributed by atoms with van der Waals surface area (Å²) in [6.07, 6.45) is 0.642. The topological polar surface area (TPSA) is 64.4 Å². The Bertz CT molecular complexity index is 430. The van der Waals surface area contributed by atoms with E-state index in [4.69, 9.17) is 10.5 Å². The molecule has 0 radical (unpaired) electrons. The monoisotopic (exact) mass is 264 g/mol. The van der Waals surface area contributed by atoms with E-state index in [1.807, 2.05) is 12.1 Å². The maximum atomic E-state index is 11.9. The van der Waals surface area contributed by atoms with Crippen molar-refractivity contribution in [3.8, 4) is 5.75 Å². The van der Waals surface area contributed by atoms with Crippen molar-refractivity contribution >= 4 is 5.91 Å². The van der Waals surface area contributed by atoms with Crippen LogP contribution in [0.2, 0.25) is 0 Å². The number of likely N-dealkylation sites (N-methyl/N-ethyl adjacent to an activating group) is 1. The van der Waals surface area contributed by atoms with Crippen LogP contribution in [0.4, 0.5) is 0 Å². The first-order valence-corrected chi connectivity index (χ1v) is 6.64. The number of methoxy groups -OCH3 is 1. The molecule has 0 spiro atoms. The number of hydrogen-bond acceptors (Lipinski definition) is 3. The van der Waals surface area contributed by atoms with Crippen LogP contribution in [0.25, 0.3) is 0 Å². The van der Waals surface area contributed by atoms with Gasteiger partial charge in [-0.2, -0.15) is 0 Å². The summed E-state index contributed by atoms with van der Waals surface area (Å²) in [5.74, 6) is 1.02. The van der Waals surface area contributed by atoms with Crippen LogP contribution in [-0.4, -0.2) is 26.6 Å². The lowest BCUT2D eigenvalue weighted by Crippen LogP contribution is -2.27. The van der Waals surface area contributed by atoms with Gasteiger partial charge in [0.15, 0.2) is 0 Å². The molecule has 0 saturated carbocycles. The zero-order chi connectivity index (χ0) is 14.4.